The monoisotopic (exact) mass is 356 g/mol. The minimum atomic E-state index is 0.472. The summed E-state index contributed by atoms with van der Waals surface area (Å²) in [6.45, 7) is 6.72. The Bertz CT molecular complexity index is 1000. The fourth-order valence-electron chi connectivity index (χ4n) is 4.35. The van der Waals surface area contributed by atoms with Crippen molar-refractivity contribution in [1.82, 2.24) is 0 Å². The summed E-state index contributed by atoms with van der Waals surface area (Å²) >= 11 is 0. The molecule has 0 fully saturated rings. The van der Waals surface area contributed by atoms with Crippen molar-refractivity contribution in [2.24, 2.45) is 11.7 Å². The Morgan fingerprint density at radius 2 is 1.96 bits per heavy atom. The van der Waals surface area contributed by atoms with E-state index in [1.54, 1.807) is 0 Å². The van der Waals surface area contributed by atoms with Crippen LogP contribution in [0.2, 0.25) is 0 Å². The van der Waals surface area contributed by atoms with Crippen molar-refractivity contribution in [1.29, 1.82) is 0 Å². The molecular formula is C25H28N2. The first-order valence-corrected chi connectivity index (χ1v) is 10.1. The third-order valence-corrected chi connectivity index (χ3v) is 5.70. The smallest absolute Gasteiger partial charge is 0.0630 e. The molecule has 0 radical (unpaired) electrons. The van der Waals surface area contributed by atoms with Crippen molar-refractivity contribution in [3.8, 4) is 0 Å². The minimum absolute atomic E-state index is 0.472. The van der Waals surface area contributed by atoms with Crippen LogP contribution in [0.25, 0.3) is 16.5 Å². The number of nitrogens with zero attached hydrogens (tertiary/aromatic N) is 1. The van der Waals surface area contributed by atoms with Gasteiger partial charge in [0.25, 0.3) is 0 Å². The van der Waals surface area contributed by atoms with Crippen molar-refractivity contribution < 1.29 is 0 Å². The summed E-state index contributed by atoms with van der Waals surface area (Å²) in [6.07, 6.45) is 12.0. The molecule has 0 saturated carbocycles. The molecule has 4 rings (SSSR count). The van der Waals surface area contributed by atoms with Crippen molar-refractivity contribution in [2.45, 2.75) is 40.0 Å². The SMILES string of the molecule is CC/C=C1\C(CC)=C(N)c2ccc3ccccc3c2N1C1=CC=CC[C@@H]1C. The zero-order valence-electron chi connectivity index (χ0n) is 16.5. The van der Waals surface area contributed by atoms with E-state index >= 15 is 0 Å². The molecule has 0 aromatic heterocycles. The maximum absolute atomic E-state index is 6.72. The van der Waals surface area contributed by atoms with Crippen LogP contribution in [-0.2, 0) is 0 Å². The van der Waals surface area contributed by atoms with Gasteiger partial charge in [0.1, 0.15) is 0 Å². The van der Waals surface area contributed by atoms with Gasteiger partial charge in [-0.05, 0) is 36.3 Å². The first-order chi connectivity index (χ1) is 13.2. The predicted octanol–water partition coefficient (Wildman–Crippen LogP) is 6.51. The lowest BCUT2D eigenvalue weighted by atomic mass is 9.88. The molecule has 2 aromatic carbocycles. The van der Waals surface area contributed by atoms with Gasteiger partial charge in [0.2, 0.25) is 0 Å². The number of fused-ring (bicyclic) bond motifs is 3. The standard InChI is InChI=1S/C25H28N2/c1-4-10-23-19(5-2)24(26)21-16-15-18-12-7-8-13-20(18)25(21)27(23)22-14-9-6-11-17(22)3/h6-10,12-17H,4-5,11,26H2,1-3H3/b23-10+/t17-/m0/s1. The van der Waals surface area contributed by atoms with E-state index < -0.39 is 0 Å². The first-order valence-electron chi connectivity index (χ1n) is 10.1. The molecule has 2 N–H and O–H groups in total. The van der Waals surface area contributed by atoms with Gasteiger partial charge in [-0.25, -0.2) is 0 Å². The molecule has 0 saturated heterocycles. The number of anilines is 1. The Kier molecular flexibility index (Phi) is 4.65. The summed E-state index contributed by atoms with van der Waals surface area (Å²) in [5.74, 6) is 0.472. The van der Waals surface area contributed by atoms with Crippen molar-refractivity contribution in [2.75, 3.05) is 4.90 Å². The Labute approximate surface area is 162 Å². The van der Waals surface area contributed by atoms with Crippen LogP contribution in [-0.4, -0.2) is 0 Å². The van der Waals surface area contributed by atoms with E-state index in [4.69, 9.17) is 5.73 Å². The van der Waals surface area contributed by atoms with Crippen LogP contribution >= 0.6 is 0 Å². The van der Waals surface area contributed by atoms with Crippen LogP contribution in [0.1, 0.15) is 45.6 Å². The van der Waals surface area contributed by atoms with Gasteiger partial charge in [0, 0.05) is 34.0 Å². The van der Waals surface area contributed by atoms with Crippen LogP contribution in [0, 0.1) is 5.92 Å². The van der Waals surface area contributed by atoms with E-state index in [1.807, 2.05) is 0 Å². The predicted molar refractivity (Wildman–Crippen MR) is 117 cm³/mol. The summed E-state index contributed by atoms with van der Waals surface area (Å²) in [7, 11) is 0. The molecule has 1 aliphatic heterocycles. The largest absolute Gasteiger partial charge is 0.398 e. The number of hydrogen-bond donors (Lipinski definition) is 1. The van der Waals surface area contributed by atoms with Gasteiger partial charge < -0.3 is 10.6 Å². The lowest BCUT2D eigenvalue weighted by Gasteiger charge is -2.40. The number of allylic oxidation sites excluding steroid dienone is 6. The maximum Gasteiger partial charge on any atom is 0.0630 e. The van der Waals surface area contributed by atoms with Gasteiger partial charge in [0.15, 0.2) is 0 Å². The quantitative estimate of drug-likeness (QED) is 0.679. The molecule has 1 aliphatic carbocycles. The van der Waals surface area contributed by atoms with Crippen molar-refractivity contribution >= 4 is 22.2 Å². The van der Waals surface area contributed by atoms with Crippen LogP contribution in [0.5, 0.6) is 0 Å². The topological polar surface area (TPSA) is 29.3 Å². The third kappa shape index (κ3) is 2.80. The molecule has 2 aromatic rings. The summed E-state index contributed by atoms with van der Waals surface area (Å²) in [5.41, 5.74) is 13.9. The van der Waals surface area contributed by atoms with E-state index in [0.29, 0.717) is 5.92 Å². The van der Waals surface area contributed by atoms with Gasteiger partial charge in [-0.1, -0.05) is 75.4 Å². The zero-order valence-corrected chi connectivity index (χ0v) is 16.5. The second kappa shape index (κ2) is 7.11. The summed E-state index contributed by atoms with van der Waals surface area (Å²) < 4.78 is 0. The maximum atomic E-state index is 6.72. The molecular weight excluding hydrogens is 328 g/mol. The molecule has 27 heavy (non-hydrogen) atoms. The Morgan fingerprint density at radius 3 is 2.70 bits per heavy atom. The third-order valence-electron chi connectivity index (χ3n) is 5.70. The molecule has 2 aliphatic rings. The van der Waals surface area contributed by atoms with Gasteiger partial charge in [-0.15, -0.1) is 0 Å². The first kappa shape index (κ1) is 17.7. The Hall–Kier alpha value is -2.74. The lowest BCUT2D eigenvalue weighted by Crippen LogP contribution is -2.32. The molecule has 2 nitrogen and oxygen atoms in total. The normalized spacial score (nSPS) is 21.0. The molecule has 0 amide bonds. The average Bonchev–Trinajstić information content (AvgIpc) is 2.69. The summed E-state index contributed by atoms with van der Waals surface area (Å²) in [5, 5.41) is 2.52. The molecule has 1 heterocycles. The molecule has 0 spiro atoms. The highest BCUT2D eigenvalue weighted by atomic mass is 15.2. The highest BCUT2D eigenvalue weighted by molar-refractivity contribution is 6.04. The number of benzene rings is 2. The summed E-state index contributed by atoms with van der Waals surface area (Å²) in [6, 6.07) is 13.0. The lowest BCUT2D eigenvalue weighted by molar-refractivity contribution is 0.661. The van der Waals surface area contributed by atoms with E-state index in [1.165, 1.54) is 33.4 Å². The average molecular weight is 357 g/mol. The van der Waals surface area contributed by atoms with E-state index in [9.17, 15) is 0 Å². The minimum Gasteiger partial charge on any atom is -0.398 e. The van der Waals surface area contributed by atoms with E-state index in [2.05, 4.69) is 86.4 Å². The summed E-state index contributed by atoms with van der Waals surface area (Å²) in [4.78, 5) is 2.49. The molecule has 138 valence electrons. The molecule has 0 unspecified atom stereocenters. The van der Waals surface area contributed by atoms with Gasteiger partial charge in [0.05, 0.1) is 5.69 Å². The number of nitrogens with two attached hydrogens (primary N) is 1. The van der Waals surface area contributed by atoms with Gasteiger partial charge in [-0.3, -0.25) is 0 Å². The van der Waals surface area contributed by atoms with Crippen LogP contribution < -0.4 is 10.6 Å². The highest BCUT2D eigenvalue weighted by Gasteiger charge is 2.32. The fourth-order valence-corrected chi connectivity index (χ4v) is 4.35. The van der Waals surface area contributed by atoms with E-state index in [0.717, 1.165) is 30.5 Å². The van der Waals surface area contributed by atoms with Crippen LogP contribution in [0.15, 0.2) is 77.7 Å². The van der Waals surface area contributed by atoms with E-state index in [-0.39, 0.29) is 0 Å². The fraction of sp³-hybridized carbons (Fsp3) is 0.280. The molecule has 1 atom stereocenters. The number of rotatable bonds is 3. The van der Waals surface area contributed by atoms with Crippen LogP contribution in [0.4, 0.5) is 5.69 Å². The molecule has 0 bridgehead atoms. The second-order valence-corrected chi connectivity index (χ2v) is 7.42. The molecule has 2 heteroatoms. The Balaban J connectivity index is 2.10. The van der Waals surface area contributed by atoms with Crippen molar-refractivity contribution in [3.05, 3.63) is 83.2 Å². The second-order valence-electron chi connectivity index (χ2n) is 7.42. The van der Waals surface area contributed by atoms with Crippen LogP contribution in [0.3, 0.4) is 0 Å². The van der Waals surface area contributed by atoms with Gasteiger partial charge >= 0.3 is 0 Å². The van der Waals surface area contributed by atoms with Crippen molar-refractivity contribution in [3.63, 3.8) is 0 Å². The highest BCUT2D eigenvalue weighted by Crippen LogP contribution is 2.47. The zero-order chi connectivity index (χ0) is 19.0. The van der Waals surface area contributed by atoms with Gasteiger partial charge in [-0.2, -0.15) is 0 Å². The Morgan fingerprint density at radius 1 is 1.15 bits per heavy atom. The number of hydrogen-bond acceptors (Lipinski definition) is 2.